The van der Waals surface area contributed by atoms with Crippen molar-refractivity contribution in [2.24, 2.45) is 0 Å². The lowest BCUT2D eigenvalue weighted by atomic mass is 10.1. The molecule has 0 saturated carbocycles. The molecule has 18 heavy (non-hydrogen) atoms. The Balaban J connectivity index is 1.90. The second kappa shape index (κ2) is 6.04. The van der Waals surface area contributed by atoms with Gasteiger partial charge in [0.2, 0.25) is 0 Å². The van der Waals surface area contributed by atoms with Crippen LogP contribution in [0.25, 0.3) is 0 Å². The largest absolute Gasteiger partial charge is 0.398 e. The highest BCUT2D eigenvalue weighted by Gasteiger charge is 2.16. The van der Waals surface area contributed by atoms with Crippen LogP contribution in [-0.2, 0) is 9.47 Å². The van der Waals surface area contributed by atoms with Gasteiger partial charge in [-0.2, -0.15) is 0 Å². The van der Waals surface area contributed by atoms with Gasteiger partial charge in [-0.25, -0.2) is 0 Å². The molecule has 1 aliphatic rings. The Morgan fingerprint density at radius 1 is 1.50 bits per heavy atom. The van der Waals surface area contributed by atoms with Gasteiger partial charge < -0.3 is 20.5 Å². The Bertz CT molecular complexity index is 433. The number of hydrogen-bond donors (Lipinski definition) is 2. The van der Waals surface area contributed by atoms with Crippen molar-refractivity contribution in [1.82, 2.24) is 5.32 Å². The van der Waals surface area contributed by atoms with Gasteiger partial charge in [0.1, 0.15) is 0 Å². The molecule has 1 unspecified atom stereocenters. The maximum absolute atomic E-state index is 11.9. The highest BCUT2D eigenvalue weighted by atomic mass is 35.5. The van der Waals surface area contributed by atoms with Crippen molar-refractivity contribution in [3.63, 3.8) is 0 Å². The van der Waals surface area contributed by atoms with E-state index in [2.05, 4.69) is 5.32 Å². The molecule has 1 aromatic carbocycles. The average Bonchev–Trinajstić information content (AvgIpc) is 2.37. The molecular formula is C12H15ClN2O3. The number of anilines is 1. The number of nitrogen functional groups attached to an aromatic ring is 1. The molecule has 0 radical (unpaired) electrons. The maximum atomic E-state index is 11.9. The van der Waals surface area contributed by atoms with Crippen LogP contribution < -0.4 is 11.1 Å². The first kappa shape index (κ1) is 13.1. The fraction of sp³-hybridized carbons (Fsp3) is 0.417. The summed E-state index contributed by atoms with van der Waals surface area (Å²) in [5.41, 5.74) is 6.50. The highest BCUT2D eigenvalue weighted by molar-refractivity contribution is 6.31. The van der Waals surface area contributed by atoms with Crippen molar-refractivity contribution in [1.29, 1.82) is 0 Å². The monoisotopic (exact) mass is 270 g/mol. The standard InChI is InChI=1S/C12H15ClN2O3/c13-8-1-2-10(11(14)5-8)12(16)15-6-9-7-17-3-4-18-9/h1-2,5,9H,3-4,6-7,14H2,(H,15,16). The zero-order valence-corrected chi connectivity index (χ0v) is 10.6. The number of halogens is 1. The van der Waals surface area contributed by atoms with Gasteiger partial charge in [-0.3, -0.25) is 4.79 Å². The molecule has 1 amide bonds. The summed E-state index contributed by atoms with van der Waals surface area (Å²) < 4.78 is 10.7. The van der Waals surface area contributed by atoms with Crippen molar-refractivity contribution in [3.8, 4) is 0 Å². The first-order valence-corrected chi connectivity index (χ1v) is 6.07. The molecule has 1 fully saturated rings. The van der Waals surface area contributed by atoms with Crippen LogP contribution in [0.2, 0.25) is 5.02 Å². The Morgan fingerprint density at radius 2 is 2.33 bits per heavy atom. The number of benzene rings is 1. The van der Waals surface area contributed by atoms with Gasteiger partial charge >= 0.3 is 0 Å². The van der Waals surface area contributed by atoms with E-state index in [0.29, 0.717) is 42.6 Å². The van der Waals surface area contributed by atoms with Gasteiger partial charge in [-0.1, -0.05) is 11.6 Å². The summed E-state index contributed by atoms with van der Waals surface area (Å²) in [4.78, 5) is 11.9. The molecule has 3 N–H and O–H groups in total. The minimum atomic E-state index is -0.238. The number of rotatable bonds is 3. The third-order valence-corrected chi connectivity index (χ3v) is 2.87. The normalized spacial score (nSPS) is 19.5. The molecule has 2 rings (SSSR count). The molecule has 0 spiro atoms. The molecule has 98 valence electrons. The van der Waals surface area contributed by atoms with E-state index >= 15 is 0 Å². The predicted molar refractivity (Wildman–Crippen MR) is 68.8 cm³/mol. The third-order valence-electron chi connectivity index (χ3n) is 2.63. The number of hydrogen-bond acceptors (Lipinski definition) is 4. The summed E-state index contributed by atoms with van der Waals surface area (Å²) in [5, 5.41) is 3.27. The fourth-order valence-corrected chi connectivity index (χ4v) is 1.88. The number of carbonyl (C=O) groups excluding carboxylic acids is 1. The van der Waals surface area contributed by atoms with Crippen LogP contribution in [0.1, 0.15) is 10.4 Å². The van der Waals surface area contributed by atoms with Crippen LogP contribution in [0.5, 0.6) is 0 Å². The molecule has 1 atom stereocenters. The molecule has 0 bridgehead atoms. The van der Waals surface area contributed by atoms with Crippen molar-refractivity contribution < 1.29 is 14.3 Å². The lowest BCUT2D eigenvalue weighted by Crippen LogP contribution is -2.39. The maximum Gasteiger partial charge on any atom is 0.253 e. The van der Waals surface area contributed by atoms with Crippen LogP contribution in [0, 0.1) is 0 Å². The molecule has 1 aromatic rings. The van der Waals surface area contributed by atoms with Gasteiger partial charge in [0.25, 0.3) is 5.91 Å². The Labute approximate surface area is 110 Å². The number of carbonyl (C=O) groups is 1. The number of amides is 1. The third kappa shape index (κ3) is 3.35. The quantitative estimate of drug-likeness (QED) is 0.806. The fourth-order valence-electron chi connectivity index (χ4n) is 1.70. The molecule has 0 aliphatic carbocycles. The van der Waals surface area contributed by atoms with E-state index in [1.54, 1.807) is 18.2 Å². The molecule has 1 aliphatic heterocycles. The second-order valence-electron chi connectivity index (χ2n) is 4.01. The van der Waals surface area contributed by atoms with Crippen molar-refractivity contribution in [3.05, 3.63) is 28.8 Å². The Morgan fingerprint density at radius 3 is 3.00 bits per heavy atom. The van der Waals surface area contributed by atoms with Gasteiger partial charge in [-0.15, -0.1) is 0 Å². The van der Waals surface area contributed by atoms with Crippen molar-refractivity contribution in [2.75, 3.05) is 32.1 Å². The van der Waals surface area contributed by atoms with Gasteiger partial charge in [0.05, 0.1) is 31.5 Å². The number of nitrogens with two attached hydrogens (primary N) is 1. The summed E-state index contributed by atoms with van der Waals surface area (Å²) in [6.45, 7) is 2.06. The molecule has 6 heteroatoms. The molecular weight excluding hydrogens is 256 g/mol. The minimum absolute atomic E-state index is 0.101. The molecule has 0 aromatic heterocycles. The molecule has 1 saturated heterocycles. The summed E-state index contributed by atoms with van der Waals surface area (Å²) in [6.07, 6.45) is -0.101. The predicted octanol–water partition coefficient (Wildman–Crippen LogP) is 1.07. The van der Waals surface area contributed by atoms with E-state index < -0.39 is 0 Å². The summed E-state index contributed by atoms with van der Waals surface area (Å²) in [7, 11) is 0. The smallest absolute Gasteiger partial charge is 0.253 e. The Hall–Kier alpha value is -1.30. The van der Waals surface area contributed by atoms with Crippen LogP contribution in [-0.4, -0.2) is 38.4 Å². The lowest BCUT2D eigenvalue weighted by molar-refractivity contribution is -0.0855. The topological polar surface area (TPSA) is 73.6 Å². The van der Waals surface area contributed by atoms with E-state index in [0.717, 1.165) is 0 Å². The molecule has 5 nitrogen and oxygen atoms in total. The number of nitrogens with one attached hydrogen (secondary N) is 1. The second-order valence-corrected chi connectivity index (χ2v) is 4.45. The summed E-state index contributed by atoms with van der Waals surface area (Å²) in [5.74, 6) is -0.238. The van der Waals surface area contributed by atoms with Crippen LogP contribution in [0.3, 0.4) is 0 Å². The van der Waals surface area contributed by atoms with E-state index in [4.69, 9.17) is 26.8 Å². The highest BCUT2D eigenvalue weighted by Crippen LogP contribution is 2.17. The van der Waals surface area contributed by atoms with Gasteiger partial charge in [0.15, 0.2) is 0 Å². The van der Waals surface area contributed by atoms with Gasteiger partial charge in [-0.05, 0) is 18.2 Å². The van der Waals surface area contributed by atoms with E-state index in [-0.39, 0.29) is 12.0 Å². The summed E-state index contributed by atoms with van der Waals surface area (Å²) in [6, 6.07) is 4.79. The first-order chi connectivity index (χ1) is 8.66. The van der Waals surface area contributed by atoms with Crippen LogP contribution in [0.15, 0.2) is 18.2 Å². The zero-order chi connectivity index (χ0) is 13.0. The zero-order valence-electron chi connectivity index (χ0n) is 9.82. The molecule has 1 heterocycles. The van der Waals surface area contributed by atoms with E-state index in [1.807, 2.05) is 0 Å². The number of ether oxygens (including phenoxy) is 2. The minimum Gasteiger partial charge on any atom is -0.398 e. The van der Waals surface area contributed by atoms with Crippen LogP contribution >= 0.6 is 11.6 Å². The SMILES string of the molecule is Nc1cc(Cl)ccc1C(=O)NCC1COCCO1. The van der Waals surface area contributed by atoms with Crippen LogP contribution in [0.4, 0.5) is 5.69 Å². The Kier molecular flexibility index (Phi) is 4.41. The van der Waals surface area contributed by atoms with E-state index in [1.165, 1.54) is 0 Å². The van der Waals surface area contributed by atoms with E-state index in [9.17, 15) is 4.79 Å². The van der Waals surface area contributed by atoms with Crippen molar-refractivity contribution in [2.45, 2.75) is 6.10 Å². The summed E-state index contributed by atoms with van der Waals surface area (Å²) >= 11 is 5.77. The first-order valence-electron chi connectivity index (χ1n) is 5.69. The average molecular weight is 271 g/mol. The van der Waals surface area contributed by atoms with Gasteiger partial charge in [0, 0.05) is 17.3 Å². The lowest BCUT2D eigenvalue weighted by Gasteiger charge is -2.23. The van der Waals surface area contributed by atoms with Crippen molar-refractivity contribution >= 4 is 23.2 Å².